The maximum Gasteiger partial charge on any atom is 0.205 e. The van der Waals surface area contributed by atoms with Gasteiger partial charge in [0.05, 0.1) is 12.8 Å². The molecular formula is C16H22N4OS. The molecule has 0 fully saturated rings. The standard InChI is InChI=1S/C16H22N4OS/c1-2-3-4-5-10-21-14-8-6-13(7-9-14)11-18-20-16-19-15(17)12-22-16/h6-9,11-12H,2-5,10,17H2,1H3,(H,19,20). The summed E-state index contributed by atoms with van der Waals surface area (Å²) in [5, 5.41) is 6.58. The molecular weight excluding hydrogens is 296 g/mol. The van der Waals surface area contributed by atoms with Crippen LogP contribution in [-0.4, -0.2) is 17.8 Å². The Labute approximate surface area is 135 Å². The number of anilines is 2. The lowest BCUT2D eigenvalue weighted by Gasteiger charge is -2.05. The number of unbranched alkanes of at least 4 members (excludes halogenated alkanes) is 3. The van der Waals surface area contributed by atoms with Gasteiger partial charge >= 0.3 is 0 Å². The van der Waals surface area contributed by atoms with Crippen molar-refractivity contribution >= 4 is 28.5 Å². The summed E-state index contributed by atoms with van der Waals surface area (Å²) in [4.78, 5) is 4.06. The highest BCUT2D eigenvalue weighted by Gasteiger charge is 1.96. The zero-order chi connectivity index (χ0) is 15.6. The maximum absolute atomic E-state index is 5.70. The molecule has 0 amide bonds. The second-order valence-electron chi connectivity index (χ2n) is 4.93. The Kier molecular flexibility index (Phi) is 6.70. The van der Waals surface area contributed by atoms with Gasteiger partial charge in [0.15, 0.2) is 0 Å². The van der Waals surface area contributed by atoms with Crippen LogP contribution in [0.1, 0.15) is 38.2 Å². The van der Waals surface area contributed by atoms with Crippen LogP contribution < -0.4 is 15.9 Å². The second kappa shape index (κ2) is 9.04. The van der Waals surface area contributed by atoms with E-state index in [9.17, 15) is 0 Å². The van der Waals surface area contributed by atoms with Crippen LogP contribution in [0.25, 0.3) is 0 Å². The van der Waals surface area contributed by atoms with Crippen molar-refractivity contribution in [3.63, 3.8) is 0 Å². The molecule has 0 aliphatic rings. The molecule has 6 heteroatoms. The third kappa shape index (κ3) is 5.73. The van der Waals surface area contributed by atoms with Crippen molar-refractivity contribution in [1.29, 1.82) is 0 Å². The number of nitrogens with one attached hydrogen (secondary N) is 1. The largest absolute Gasteiger partial charge is 0.494 e. The Balaban J connectivity index is 1.74. The highest BCUT2D eigenvalue weighted by Crippen LogP contribution is 2.16. The van der Waals surface area contributed by atoms with E-state index in [1.54, 1.807) is 11.6 Å². The average Bonchev–Trinajstić information content (AvgIpc) is 2.94. The molecule has 0 saturated heterocycles. The third-order valence-electron chi connectivity index (χ3n) is 3.04. The van der Waals surface area contributed by atoms with E-state index in [1.165, 1.54) is 30.6 Å². The number of aromatic nitrogens is 1. The van der Waals surface area contributed by atoms with Crippen molar-refractivity contribution in [2.24, 2.45) is 5.10 Å². The quantitative estimate of drug-likeness (QED) is 0.414. The van der Waals surface area contributed by atoms with E-state index >= 15 is 0 Å². The molecule has 0 atom stereocenters. The lowest BCUT2D eigenvalue weighted by molar-refractivity contribution is 0.305. The van der Waals surface area contributed by atoms with Crippen LogP contribution >= 0.6 is 11.3 Å². The molecule has 22 heavy (non-hydrogen) atoms. The van der Waals surface area contributed by atoms with Gasteiger partial charge in [0.2, 0.25) is 5.13 Å². The Morgan fingerprint density at radius 1 is 1.27 bits per heavy atom. The summed E-state index contributed by atoms with van der Waals surface area (Å²) in [5.41, 5.74) is 9.38. The smallest absolute Gasteiger partial charge is 0.205 e. The topological polar surface area (TPSA) is 72.5 Å². The minimum atomic E-state index is 0.503. The molecule has 0 spiro atoms. The molecule has 1 aromatic carbocycles. The molecule has 0 aliphatic carbocycles. The van der Waals surface area contributed by atoms with Crippen LogP contribution in [0.2, 0.25) is 0 Å². The molecule has 0 bridgehead atoms. The molecule has 0 aliphatic heterocycles. The number of hydrogen-bond acceptors (Lipinski definition) is 6. The van der Waals surface area contributed by atoms with E-state index in [1.807, 2.05) is 24.3 Å². The molecule has 5 nitrogen and oxygen atoms in total. The summed E-state index contributed by atoms with van der Waals surface area (Å²) in [6, 6.07) is 7.87. The number of nitrogens with two attached hydrogens (primary N) is 1. The zero-order valence-corrected chi connectivity index (χ0v) is 13.6. The Hall–Kier alpha value is -2.08. The average molecular weight is 318 g/mol. The first-order valence-corrected chi connectivity index (χ1v) is 8.39. The number of thiazole rings is 1. The van der Waals surface area contributed by atoms with Crippen molar-refractivity contribution in [2.75, 3.05) is 17.8 Å². The Morgan fingerprint density at radius 3 is 2.77 bits per heavy atom. The summed E-state index contributed by atoms with van der Waals surface area (Å²) in [7, 11) is 0. The zero-order valence-electron chi connectivity index (χ0n) is 12.8. The molecule has 0 saturated carbocycles. The molecule has 1 aromatic heterocycles. The van der Waals surface area contributed by atoms with E-state index in [-0.39, 0.29) is 0 Å². The first-order chi connectivity index (χ1) is 10.8. The van der Waals surface area contributed by atoms with Crippen LogP contribution in [-0.2, 0) is 0 Å². The molecule has 2 aromatic rings. The van der Waals surface area contributed by atoms with Gasteiger partial charge in [-0.2, -0.15) is 5.10 Å². The number of nitrogen functional groups attached to an aromatic ring is 1. The fourth-order valence-corrected chi connectivity index (χ4v) is 2.42. The summed E-state index contributed by atoms with van der Waals surface area (Å²) < 4.78 is 5.70. The molecule has 118 valence electrons. The van der Waals surface area contributed by atoms with Crippen molar-refractivity contribution in [3.8, 4) is 5.75 Å². The van der Waals surface area contributed by atoms with Crippen molar-refractivity contribution in [1.82, 2.24) is 4.98 Å². The summed E-state index contributed by atoms with van der Waals surface area (Å²) in [5.74, 6) is 1.40. The summed E-state index contributed by atoms with van der Waals surface area (Å²) in [6.07, 6.45) is 6.60. The third-order valence-corrected chi connectivity index (χ3v) is 3.81. The van der Waals surface area contributed by atoms with E-state index in [2.05, 4.69) is 22.4 Å². The number of benzene rings is 1. The van der Waals surface area contributed by atoms with E-state index in [0.29, 0.717) is 10.9 Å². The first kappa shape index (κ1) is 16.3. The van der Waals surface area contributed by atoms with Gasteiger partial charge in [-0.05, 0) is 36.2 Å². The number of hydrazone groups is 1. The number of rotatable bonds is 9. The first-order valence-electron chi connectivity index (χ1n) is 7.51. The second-order valence-corrected chi connectivity index (χ2v) is 5.78. The molecule has 3 N–H and O–H groups in total. The van der Waals surface area contributed by atoms with Crippen LogP contribution in [0.3, 0.4) is 0 Å². The van der Waals surface area contributed by atoms with E-state index in [4.69, 9.17) is 10.5 Å². The van der Waals surface area contributed by atoms with Crippen molar-refractivity contribution in [3.05, 3.63) is 35.2 Å². The van der Waals surface area contributed by atoms with Gasteiger partial charge in [-0.15, -0.1) is 11.3 Å². The molecule has 0 unspecified atom stereocenters. The summed E-state index contributed by atoms with van der Waals surface area (Å²) in [6.45, 7) is 2.99. The SMILES string of the molecule is CCCCCCOc1ccc(C=NNc2nc(N)cs2)cc1. The highest BCUT2D eigenvalue weighted by atomic mass is 32.1. The molecule has 0 radical (unpaired) electrons. The van der Waals surface area contributed by atoms with Gasteiger partial charge in [0.1, 0.15) is 11.6 Å². The lowest BCUT2D eigenvalue weighted by Crippen LogP contribution is -1.97. The predicted octanol–water partition coefficient (Wildman–Crippen LogP) is 4.13. The fourth-order valence-electron chi connectivity index (χ4n) is 1.87. The minimum absolute atomic E-state index is 0.503. The van der Waals surface area contributed by atoms with Gasteiger partial charge in [0.25, 0.3) is 0 Å². The minimum Gasteiger partial charge on any atom is -0.494 e. The Morgan fingerprint density at radius 2 is 2.09 bits per heavy atom. The monoisotopic (exact) mass is 318 g/mol. The normalized spacial score (nSPS) is 11.0. The van der Waals surface area contributed by atoms with Gasteiger partial charge in [-0.1, -0.05) is 26.2 Å². The van der Waals surface area contributed by atoms with Gasteiger partial charge in [-0.25, -0.2) is 4.98 Å². The van der Waals surface area contributed by atoms with Gasteiger partial charge in [0, 0.05) is 5.38 Å². The highest BCUT2D eigenvalue weighted by molar-refractivity contribution is 7.14. The van der Waals surface area contributed by atoms with Crippen LogP contribution in [0, 0.1) is 0 Å². The molecule has 1 heterocycles. The maximum atomic E-state index is 5.70. The van der Waals surface area contributed by atoms with Crippen molar-refractivity contribution in [2.45, 2.75) is 32.6 Å². The number of ether oxygens (including phenoxy) is 1. The van der Waals surface area contributed by atoms with Crippen LogP contribution in [0.4, 0.5) is 10.9 Å². The van der Waals surface area contributed by atoms with Crippen LogP contribution in [0.5, 0.6) is 5.75 Å². The Bertz CT molecular complexity index is 580. The van der Waals surface area contributed by atoms with Crippen molar-refractivity contribution < 1.29 is 4.74 Å². The van der Waals surface area contributed by atoms with Crippen LogP contribution in [0.15, 0.2) is 34.7 Å². The van der Waals surface area contributed by atoms with Gasteiger partial charge in [-0.3, -0.25) is 5.43 Å². The molecule has 2 rings (SSSR count). The van der Waals surface area contributed by atoms with E-state index < -0.39 is 0 Å². The van der Waals surface area contributed by atoms with Gasteiger partial charge < -0.3 is 10.5 Å². The summed E-state index contributed by atoms with van der Waals surface area (Å²) >= 11 is 1.42. The predicted molar refractivity (Wildman–Crippen MR) is 93.8 cm³/mol. The lowest BCUT2D eigenvalue weighted by atomic mass is 10.2. The number of hydrogen-bond donors (Lipinski definition) is 2. The van der Waals surface area contributed by atoms with E-state index in [0.717, 1.165) is 24.3 Å². The number of nitrogens with zero attached hydrogens (tertiary/aromatic N) is 2. The fraction of sp³-hybridized carbons (Fsp3) is 0.375.